The Labute approximate surface area is 136 Å². The van der Waals surface area contributed by atoms with E-state index in [4.69, 9.17) is 4.74 Å². The van der Waals surface area contributed by atoms with Gasteiger partial charge >= 0.3 is 0 Å². The highest BCUT2D eigenvalue weighted by Crippen LogP contribution is 2.19. The van der Waals surface area contributed by atoms with Gasteiger partial charge < -0.3 is 14.5 Å². The average Bonchev–Trinajstić information content (AvgIpc) is 2.94. The molecule has 2 fully saturated rings. The molecule has 0 unspecified atom stereocenters. The van der Waals surface area contributed by atoms with Crippen molar-refractivity contribution in [3.63, 3.8) is 0 Å². The van der Waals surface area contributed by atoms with E-state index in [9.17, 15) is 13.2 Å². The summed E-state index contributed by atoms with van der Waals surface area (Å²) in [5.74, 6) is 0.849. The average molecular weight is 339 g/mol. The summed E-state index contributed by atoms with van der Waals surface area (Å²) in [6.45, 7) is 2.95. The first-order valence-electron chi connectivity index (χ1n) is 7.72. The standard InChI is InChI=1S/C15H21N3O4S/c1-17(13-4-9-23(20,21)11-13)15(19)12-2-3-14(16-10-12)18-5-7-22-8-6-18/h2-3,10,13H,4-9,11H2,1H3/t13-/m1/s1. The lowest BCUT2D eigenvalue weighted by molar-refractivity contribution is 0.0747. The molecule has 126 valence electrons. The molecule has 1 atom stereocenters. The predicted molar refractivity (Wildman–Crippen MR) is 86.4 cm³/mol. The van der Waals surface area contributed by atoms with Crippen molar-refractivity contribution in [1.82, 2.24) is 9.88 Å². The van der Waals surface area contributed by atoms with Gasteiger partial charge in [0.1, 0.15) is 5.82 Å². The number of rotatable bonds is 3. The highest BCUT2D eigenvalue weighted by Gasteiger charge is 2.33. The molecule has 3 heterocycles. The van der Waals surface area contributed by atoms with Crippen molar-refractivity contribution >= 4 is 21.6 Å². The number of anilines is 1. The van der Waals surface area contributed by atoms with Gasteiger partial charge in [-0.2, -0.15) is 0 Å². The zero-order chi connectivity index (χ0) is 16.4. The zero-order valence-electron chi connectivity index (χ0n) is 13.1. The maximum absolute atomic E-state index is 12.5. The summed E-state index contributed by atoms with van der Waals surface area (Å²) in [4.78, 5) is 20.5. The van der Waals surface area contributed by atoms with E-state index in [2.05, 4.69) is 9.88 Å². The topological polar surface area (TPSA) is 79.8 Å². The van der Waals surface area contributed by atoms with Crippen molar-refractivity contribution in [3.8, 4) is 0 Å². The molecule has 1 aromatic heterocycles. The molecule has 1 amide bonds. The van der Waals surface area contributed by atoms with Gasteiger partial charge in [0.15, 0.2) is 9.84 Å². The second kappa shape index (κ2) is 6.45. The Bertz CT molecular complexity index is 668. The van der Waals surface area contributed by atoms with Gasteiger partial charge in [0, 0.05) is 32.4 Å². The fourth-order valence-electron chi connectivity index (χ4n) is 2.94. The van der Waals surface area contributed by atoms with E-state index < -0.39 is 9.84 Å². The smallest absolute Gasteiger partial charge is 0.255 e. The zero-order valence-corrected chi connectivity index (χ0v) is 14.0. The Morgan fingerprint density at radius 3 is 2.65 bits per heavy atom. The number of sulfone groups is 1. The van der Waals surface area contributed by atoms with Gasteiger partial charge in [-0.3, -0.25) is 4.79 Å². The Hall–Kier alpha value is -1.67. The Morgan fingerprint density at radius 1 is 1.35 bits per heavy atom. The summed E-state index contributed by atoms with van der Waals surface area (Å²) in [5, 5.41) is 0. The number of carbonyl (C=O) groups is 1. The molecule has 0 aliphatic carbocycles. The molecule has 0 saturated carbocycles. The summed E-state index contributed by atoms with van der Waals surface area (Å²) in [7, 11) is -1.35. The molecular weight excluding hydrogens is 318 g/mol. The minimum Gasteiger partial charge on any atom is -0.378 e. The van der Waals surface area contributed by atoms with E-state index in [1.165, 1.54) is 4.90 Å². The van der Waals surface area contributed by atoms with Crippen molar-refractivity contribution in [2.45, 2.75) is 12.5 Å². The number of aromatic nitrogens is 1. The largest absolute Gasteiger partial charge is 0.378 e. The van der Waals surface area contributed by atoms with Crippen LogP contribution < -0.4 is 4.90 Å². The molecule has 0 bridgehead atoms. The molecule has 0 radical (unpaired) electrons. The van der Waals surface area contributed by atoms with Crippen LogP contribution in [0.25, 0.3) is 0 Å². The summed E-state index contributed by atoms with van der Waals surface area (Å²) in [6.07, 6.45) is 2.07. The molecular formula is C15H21N3O4S. The highest BCUT2D eigenvalue weighted by molar-refractivity contribution is 7.91. The van der Waals surface area contributed by atoms with Crippen LogP contribution in [-0.4, -0.2) is 75.1 Å². The minimum absolute atomic E-state index is 0.0501. The lowest BCUT2D eigenvalue weighted by Gasteiger charge is -2.28. The van der Waals surface area contributed by atoms with Crippen LogP contribution in [-0.2, 0) is 14.6 Å². The Morgan fingerprint density at radius 2 is 2.09 bits per heavy atom. The lowest BCUT2D eigenvalue weighted by atomic mass is 10.2. The number of amides is 1. The first-order valence-corrected chi connectivity index (χ1v) is 9.55. The number of nitrogens with zero attached hydrogens (tertiary/aromatic N) is 3. The normalized spacial score (nSPS) is 23.7. The van der Waals surface area contributed by atoms with E-state index in [0.717, 1.165) is 18.9 Å². The van der Waals surface area contributed by atoms with Crippen molar-refractivity contribution < 1.29 is 17.9 Å². The van der Waals surface area contributed by atoms with Gasteiger partial charge in [0.25, 0.3) is 5.91 Å². The van der Waals surface area contributed by atoms with Gasteiger partial charge in [-0.25, -0.2) is 13.4 Å². The van der Waals surface area contributed by atoms with Gasteiger partial charge in [-0.05, 0) is 18.6 Å². The van der Waals surface area contributed by atoms with Crippen molar-refractivity contribution in [2.24, 2.45) is 0 Å². The SMILES string of the molecule is CN(C(=O)c1ccc(N2CCOCC2)nc1)[C@@H]1CCS(=O)(=O)C1. The lowest BCUT2D eigenvalue weighted by Crippen LogP contribution is -2.38. The van der Waals surface area contributed by atoms with Gasteiger partial charge in [0.2, 0.25) is 0 Å². The van der Waals surface area contributed by atoms with Crippen LogP contribution in [0.2, 0.25) is 0 Å². The van der Waals surface area contributed by atoms with E-state index in [-0.39, 0.29) is 23.5 Å². The van der Waals surface area contributed by atoms with E-state index in [1.807, 2.05) is 6.07 Å². The molecule has 2 aliphatic rings. The van der Waals surface area contributed by atoms with Gasteiger partial charge in [0.05, 0.1) is 30.3 Å². The maximum atomic E-state index is 12.5. The van der Waals surface area contributed by atoms with Crippen LogP contribution in [0.1, 0.15) is 16.8 Å². The third-order valence-corrected chi connectivity index (χ3v) is 6.16. The van der Waals surface area contributed by atoms with E-state index in [1.54, 1.807) is 19.3 Å². The fraction of sp³-hybridized carbons (Fsp3) is 0.600. The molecule has 2 aliphatic heterocycles. The Kier molecular flexibility index (Phi) is 4.54. The van der Waals surface area contributed by atoms with E-state index >= 15 is 0 Å². The monoisotopic (exact) mass is 339 g/mol. The van der Waals surface area contributed by atoms with Crippen molar-refractivity contribution in [1.29, 1.82) is 0 Å². The molecule has 3 rings (SSSR count). The summed E-state index contributed by atoms with van der Waals surface area (Å²) < 4.78 is 28.4. The molecule has 8 heteroatoms. The number of carbonyl (C=O) groups excluding carboxylic acids is 1. The van der Waals surface area contributed by atoms with Crippen LogP contribution >= 0.6 is 0 Å². The van der Waals surface area contributed by atoms with Crippen LogP contribution in [0.4, 0.5) is 5.82 Å². The van der Waals surface area contributed by atoms with Crippen molar-refractivity contribution in [2.75, 3.05) is 49.8 Å². The fourth-order valence-corrected chi connectivity index (χ4v) is 4.72. The Balaban J connectivity index is 1.67. The minimum atomic E-state index is -3.01. The first kappa shape index (κ1) is 16.2. The maximum Gasteiger partial charge on any atom is 0.255 e. The molecule has 1 aromatic rings. The summed E-state index contributed by atoms with van der Waals surface area (Å²) in [6, 6.07) is 3.34. The van der Waals surface area contributed by atoms with Gasteiger partial charge in [-0.15, -0.1) is 0 Å². The van der Waals surface area contributed by atoms with Crippen LogP contribution in [0.3, 0.4) is 0 Å². The third kappa shape index (κ3) is 3.64. The van der Waals surface area contributed by atoms with Crippen molar-refractivity contribution in [3.05, 3.63) is 23.9 Å². The summed E-state index contributed by atoms with van der Waals surface area (Å²) in [5.41, 5.74) is 0.480. The number of morpholine rings is 1. The number of pyridine rings is 1. The van der Waals surface area contributed by atoms with Crippen LogP contribution in [0, 0.1) is 0 Å². The molecule has 0 aromatic carbocycles. The number of hydrogen-bond acceptors (Lipinski definition) is 6. The molecule has 0 spiro atoms. The second-order valence-corrected chi connectivity index (χ2v) is 8.21. The molecule has 2 saturated heterocycles. The van der Waals surface area contributed by atoms with Gasteiger partial charge in [-0.1, -0.05) is 0 Å². The third-order valence-electron chi connectivity index (χ3n) is 4.41. The number of hydrogen-bond donors (Lipinski definition) is 0. The van der Waals surface area contributed by atoms with E-state index in [0.29, 0.717) is 25.2 Å². The quantitative estimate of drug-likeness (QED) is 0.781. The highest BCUT2D eigenvalue weighted by atomic mass is 32.2. The van der Waals surface area contributed by atoms with Crippen LogP contribution in [0.15, 0.2) is 18.3 Å². The number of ether oxygens (including phenoxy) is 1. The predicted octanol–water partition coefficient (Wildman–Crippen LogP) is 0.177. The molecule has 0 N–H and O–H groups in total. The molecule has 23 heavy (non-hydrogen) atoms. The second-order valence-electron chi connectivity index (χ2n) is 5.98. The molecule has 7 nitrogen and oxygen atoms in total. The first-order chi connectivity index (χ1) is 11.0. The summed E-state index contributed by atoms with van der Waals surface area (Å²) >= 11 is 0. The van der Waals surface area contributed by atoms with Crippen LogP contribution in [0.5, 0.6) is 0 Å².